The van der Waals surface area contributed by atoms with E-state index in [1.165, 1.54) is 45.8 Å². The normalized spacial score (nSPS) is 31.5. The molecule has 3 heterocycles. The zero-order valence-corrected chi connectivity index (χ0v) is 18.6. The van der Waals surface area contributed by atoms with Crippen LogP contribution in [0.1, 0.15) is 30.4 Å². The fourth-order valence-electron chi connectivity index (χ4n) is 4.60. The Labute approximate surface area is 186 Å². The number of fused-ring (bicyclic) bond motifs is 1. The molecule has 5 atom stereocenters. The second-order valence-electron chi connectivity index (χ2n) is 8.38. The van der Waals surface area contributed by atoms with E-state index in [4.69, 9.17) is 18.9 Å². The van der Waals surface area contributed by atoms with E-state index in [0.717, 1.165) is 30.3 Å². The molecule has 1 aromatic carbocycles. The third kappa shape index (κ3) is 3.94. The van der Waals surface area contributed by atoms with Gasteiger partial charge in [0.2, 0.25) is 11.9 Å². The average Bonchev–Trinajstić information content (AvgIpc) is 3.48. The van der Waals surface area contributed by atoms with Crippen molar-refractivity contribution in [1.82, 2.24) is 10.3 Å². The van der Waals surface area contributed by atoms with Crippen molar-refractivity contribution in [1.29, 1.82) is 0 Å². The highest BCUT2D eigenvalue weighted by atomic mass is 16.7. The standard InChI is InChI=1S/C23H32N2O7/c1-29-21(26)20-23(28,31-3)22(27,30-2)12-19(32-20)14-7-9-18-17(11-14)15(13-25-18)6-8-16-5-4-10-24-16/h7,9,11-13,16,20-21,24-28H,4-6,8,10H2,1-3H3/t16?,20-,21?,22+,23+/m1/s1. The van der Waals surface area contributed by atoms with Gasteiger partial charge in [-0.25, -0.2) is 0 Å². The van der Waals surface area contributed by atoms with Crippen molar-refractivity contribution >= 4 is 16.7 Å². The van der Waals surface area contributed by atoms with Gasteiger partial charge in [0.15, 0.2) is 6.29 Å². The molecule has 176 valence electrons. The molecule has 2 aliphatic rings. The lowest BCUT2D eigenvalue weighted by atomic mass is 9.92. The van der Waals surface area contributed by atoms with Gasteiger partial charge in [0, 0.05) is 56.1 Å². The van der Waals surface area contributed by atoms with Gasteiger partial charge in [-0.1, -0.05) is 0 Å². The van der Waals surface area contributed by atoms with Crippen molar-refractivity contribution in [2.24, 2.45) is 0 Å². The van der Waals surface area contributed by atoms with Crippen LogP contribution in [0, 0.1) is 0 Å². The Bertz CT molecular complexity index is 970. The highest BCUT2D eigenvalue weighted by molar-refractivity contribution is 5.86. The molecule has 2 aromatic rings. The topological polar surface area (TPSA) is 125 Å². The minimum absolute atomic E-state index is 0.226. The molecule has 0 radical (unpaired) electrons. The van der Waals surface area contributed by atoms with Gasteiger partial charge in [0.1, 0.15) is 5.76 Å². The monoisotopic (exact) mass is 448 g/mol. The van der Waals surface area contributed by atoms with Crippen LogP contribution in [0.15, 0.2) is 30.5 Å². The van der Waals surface area contributed by atoms with Gasteiger partial charge in [-0.3, -0.25) is 0 Å². The fourth-order valence-corrected chi connectivity index (χ4v) is 4.60. The molecule has 32 heavy (non-hydrogen) atoms. The third-order valence-corrected chi connectivity index (χ3v) is 6.58. The second kappa shape index (κ2) is 9.11. The van der Waals surface area contributed by atoms with Crippen molar-refractivity contribution in [2.75, 3.05) is 27.9 Å². The number of aliphatic hydroxyl groups excluding tert-OH is 1. The van der Waals surface area contributed by atoms with E-state index < -0.39 is 24.0 Å². The first-order chi connectivity index (χ1) is 15.3. The number of rotatable bonds is 8. The summed E-state index contributed by atoms with van der Waals surface area (Å²) in [6, 6.07) is 6.26. The maximum Gasteiger partial charge on any atom is 0.268 e. The smallest absolute Gasteiger partial charge is 0.268 e. The summed E-state index contributed by atoms with van der Waals surface area (Å²) in [5.41, 5.74) is 2.83. The molecular formula is C23H32N2O7. The van der Waals surface area contributed by atoms with E-state index >= 15 is 0 Å². The van der Waals surface area contributed by atoms with Gasteiger partial charge >= 0.3 is 0 Å². The lowest BCUT2D eigenvalue weighted by Crippen LogP contribution is -2.68. The number of aryl methyl sites for hydroxylation is 1. The number of aliphatic hydroxyl groups is 3. The lowest BCUT2D eigenvalue weighted by Gasteiger charge is -2.47. The van der Waals surface area contributed by atoms with Gasteiger partial charge in [-0.15, -0.1) is 0 Å². The quantitative estimate of drug-likeness (QED) is 0.382. The van der Waals surface area contributed by atoms with Crippen molar-refractivity contribution < 1.29 is 34.3 Å². The summed E-state index contributed by atoms with van der Waals surface area (Å²) in [6.07, 6.45) is 4.61. The molecule has 1 aromatic heterocycles. The Morgan fingerprint density at radius 1 is 1.22 bits per heavy atom. The highest BCUT2D eigenvalue weighted by Gasteiger charge is 2.62. The fraction of sp³-hybridized carbons (Fsp3) is 0.565. The number of benzene rings is 1. The van der Waals surface area contributed by atoms with E-state index in [9.17, 15) is 15.3 Å². The molecule has 1 fully saturated rings. The molecule has 0 aliphatic carbocycles. The van der Waals surface area contributed by atoms with E-state index in [0.29, 0.717) is 11.6 Å². The molecule has 4 rings (SSSR count). The van der Waals surface area contributed by atoms with Gasteiger partial charge in [0.25, 0.3) is 5.79 Å². The predicted molar refractivity (Wildman–Crippen MR) is 117 cm³/mol. The summed E-state index contributed by atoms with van der Waals surface area (Å²) in [5.74, 6) is -4.47. The van der Waals surface area contributed by atoms with Gasteiger partial charge < -0.3 is 44.6 Å². The molecule has 0 amide bonds. The number of aromatic nitrogens is 1. The molecule has 0 saturated carbocycles. The number of hydrogen-bond donors (Lipinski definition) is 5. The minimum Gasteiger partial charge on any atom is -0.479 e. The summed E-state index contributed by atoms with van der Waals surface area (Å²) >= 11 is 0. The summed E-state index contributed by atoms with van der Waals surface area (Å²) in [6.45, 7) is 1.08. The Morgan fingerprint density at radius 2 is 2.03 bits per heavy atom. The van der Waals surface area contributed by atoms with Crippen LogP contribution in [-0.4, -0.2) is 78.2 Å². The summed E-state index contributed by atoms with van der Waals surface area (Å²) in [7, 11) is 3.66. The number of aromatic amines is 1. The molecule has 1 saturated heterocycles. The lowest BCUT2D eigenvalue weighted by molar-refractivity contribution is -0.403. The minimum atomic E-state index is -2.40. The first kappa shape index (κ1) is 23.2. The number of hydrogen-bond acceptors (Lipinski definition) is 8. The van der Waals surface area contributed by atoms with Crippen LogP contribution < -0.4 is 5.32 Å². The first-order valence-electron chi connectivity index (χ1n) is 10.8. The van der Waals surface area contributed by atoms with Gasteiger partial charge in [-0.05, 0) is 56.0 Å². The molecule has 0 spiro atoms. The molecular weight excluding hydrogens is 416 g/mol. The average molecular weight is 449 g/mol. The van der Waals surface area contributed by atoms with Crippen molar-refractivity contribution in [3.63, 3.8) is 0 Å². The molecule has 9 heteroatoms. The summed E-state index contributed by atoms with van der Waals surface area (Å²) < 4.78 is 21.2. The molecule has 0 bridgehead atoms. The Kier molecular flexibility index (Phi) is 6.60. The Morgan fingerprint density at radius 3 is 2.69 bits per heavy atom. The van der Waals surface area contributed by atoms with Crippen LogP contribution in [0.4, 0.5) is 0 Å². The summed E-state index contributed by atoms with van der Waals surface area (Å²) in [4.78, 5) is 3.30. The zero-order chi connectivity index (χ0) is 22.9. The van der Waals surface area contributed by atoms with Crippen LogP contribution >= 0.6 is 0 Å². The van der Waals surface area contributed by atoms with Gasteiger partial charge in [0.05, 0.1) is 0 Å². The van der Waals surface area contributed by atoms with E-state index in [-0.39, 0.29) is 5.76 Å². The molecule has 5 N–H and O–H groups in total. The Hall–Kier alpha value is -1.98. The van der Waals surface area contributed by atoms with E-state index in [2.05, 4.69) is 10.3 Å². The van der Waals surface area contributed by atoms with Crippen LogP contribution in [0.3, 0.4) is 0 Å². The summed E-state index contributed by atoms with van der Waals surface area (Å²) in [5, 5.41) is 36.9. The zero-order valence-electron chi connectivity index (χ0n) is 18.6. The highest BCUT2D eigenvalue weighted by Crippen LogP contribution is 2.41. The van der Waals surface area contributed by atoms with Gasteiger partial charge in [-0.2, -0.15) is 0 Å². The second-order valence-corrected chi connectivity index (χ2v) is 8.38. The number of nitrogens with one attached hydrogen (secondary N) is 2. The van der Waals surface area contributed by atoms with E-state index in [1.54, 1.807) is 0 Å². The van der Waals surface area contributed by atoms with Crippen LogP contribution in [0.5, 0.6) is 0 Å². The van der Waals surface area contributed by atoms with Crippen molar-refractivity contribution in [2.45, 2.75) is 55.7 Å². The third-order valence-electron chi connectivity index (χ3n) is 6.58. The van der Waals surface area contributed by atoms with Crippen molar-refractivity contribution in [3.8, 4) is 0 Å². The SMILES string of the molecule is COC(O)[C@H]1OC(c2ccc3[nH]cc(CCC4CCCN4)c3c2)=C[C@](O)(OC)[C@@]1(O)OC. The van der Waals surface area contributed by atoms with Crippen LogP contribution in [-0.2, 0) is 25.4 Å². The van der Waals surface area contributed by atoms with Crippen molar-refractivity contribution in [3.05, 3.63) is 41.6 Å². The van der Waals surface area contributed by atoms with Crippen LogP contribution in [0.25, 0.3) is 16.7 Å². The van der Waals surface area contributed by atoms with Crippen LogP contribution in [0.2, 0.25) is 0 Å². The number of H-pyrrole nitrogens is 1. The number of methoxy groups -OCH3 is 3. The maximum atomic E-state index is 11.0. The molecule has 9 nitrogen and oxygen atoms in total. The predicted octanol–water partition coefficient (Wildman–Crippen LogP) is 1.23. The largest absolute Gasteiger partial charge is 0.479 e. The maximum absolute atomic E-state index is 11.0. The molecule has 2 aliphatic heterocycles. The Balaban J connectivity index is 1.68. The molecule has 2 unspecified atom stereocenters. The first-order valence-corrected chi connectivity index (χ1v) is 10.8. The van der Waals surface area contributed by atoms with E-state index in [1.807, 2.05) is 24.4 Å². The number of ether oxygens (including phenoxy) is 4.